The molecule has 6 nitrogen and oxygen atoms in total. The number of ether oxygens (including phenoxy) is 1. The summed E-state index contributed by atoms with van der Waals surface area (Å²) < 4.78 is 10.7. The first-order valence-corrected chi connectivity index (χ1v) is 9.15. The second-order valence-electron chi connectivity index (χ2n) is 7.04. The molecule has 134 valence electrons. The summed E-state index contributed by atoms with van der Waals surface area (Å²) in [5.74, 6) is 1.25. The van der Waals surface area contributed by atoms with Crippen LogP contribution in [0.5, 0.6) is 0 Å². The predicted octanol–water partition coefficient (Wildman–Crippen LogP) is 2.24. The van der Waals surface area contributed by atoms with Crippen molar-refractivity contribution in [1.29, 1.82) is 0 Å². The van der Waals surface area contributed by atoms with E-state index in [4.69, 9.17) is 9.15 Å². The number of aromatic nitrogens is 2. The molecule has 25 heavy (non-hydrogen) atoms. The second-order valence-corrected chi connectivity index (χ2v) is 7.04. The molecular formula is C19H26N4O2. The third kappa shape index (κ3) is 3.92. The molecule has 1 aromatic carbocycles. The Morgan fingerprint density at radius 1 is 1.16 bits per heavy atom. The number of methoxy groups -OCH3 is 1. The van der Waals surface area contributed by atoms with Gasteiger partial charge in [-0.25, -0.2) is 0 Å². The maximum Gasteiger partial charge on any atom is 0.242 e. The van der Waals surface area contributed by atoms with Crippen LogP contribution in [0.25, 0.3) is 0 Å². The van der Waals surface area contributed by atoms with Crippen molar-refractivity contribution in [3.63, 3.8) is 0 Å². The molecule has 0 bridgehead atoms. The Morgan fingerprint density at radius 2 is 2.00 bits per heavy atom. The number of likely N-dealkylation sites (tertiary alicyclic amines) is 1. The quantitative estimate of drug-likeness (QED) is 0.802. The molecule has 1 aromatic heterocycles. The van der Waals surface area contributed by atoms with Gasteiger partial charge in [-0.05, 0) is 36.9 Å². The monoisotopic (exact) mass is 342 g/mol. The first kappa shape index (κ1) is 16.7. The summed E-state index contributed by atoms with van der Waals surface area (Å²) in [5.41, 5.74) is 3.00. The molecule has 2 aliphatic heterocycles. The Hall–Kier alpha value is -1.76. The third-order valence-corrected chi connectivity index (χ3v) is 5.29. The lowest BCUT2D eigenvalue weighted by atomic mass is 9.99. The summed E-state index contributed by atoms with van der Waals surface area (Å²) in [4.78, 5) is 5.08. The van der Waals surface area contributed by atoms with Crippen molar-refractivity contribution in [2.24, 2.45) is 0 Å². The smallest absolute Gasteiger partial charge is 0.242 e. The van der Waals surface area contributed by atoms with Gasteiger partial charge < -0.3 is 9.15 Å². The minimum absolute atomic E-state index is 0.379. The van der Waals surface area contributed by atoms with Crippen molar-refractivity contribution < 1.29 is 9.15 Å². The first-order chi connectivity index (χ1) is 12.3. The Labute approximate surface area is 148 Å². The lowest BCUT2D eigenvalue weighted by Gasteiger charge is -2.33. The average Bonchev–Trinajstić information content (AvgIpc) is 3.25. The van der Waals surface area contributed by atoms with Crippen molar-refractivity contribution in [3.05, 3.63) is 47.2 Å². The van der Waals surface area contributed by atoms with Gasteiger partial charge in [0.25, 0.3) is 0 Å². The van der Waals surface area contributed by atoms with Gasteiger partial charge in [0.15, 0.2) is 0 Å². The molecule has 0 N–H and O–H groups in total. The van der Waals surface area contributed by atoms with Gasteiger partial charge in [-0.3, -0.25) is 9.80 Å². The van der Waals surface area contributed by atoms with Crippen LogP contribution in [0.2, 0.25) is 0 Å². The highest BCUT2D eigenvalue weighted by Gasteiger charge is 2.29. The van der Waals surface area contributed by atoms with Crippen LogP contribution >= 0.6 is 0 Å². The minimum Gasteiger partial charge on any atom is -0.421 e. The van der Waals surface area contributed by atoms with E-state index in [0.717, 1.165) is 39.1 Å². The fourth-order valence-electron chi connectivity index (χ4n) is 4.03. The number of fused-ring (bicyclic) bond motifs is 1. The van der Waals surface area contributed by atoms with E-state index in [1.807, 2.05) is 0 Å². The van der Waals surface area contributed by atoms with Crippen molar-refractivity contribution in [3.8, 4) is 0 Å². The maximum absolute atomic E-state index is 5.67. The fourth-order valence-corrected chi connectivity index (χ4v) is 4.03. The maximum atomic E-state index is 5.67. The zero-order chi connectivity index (χ0) is 17.1. The molecule has 1 unspecified atom stereocenters. The Bertz CT molecular complexity index is 702. The first-order valence-electron chi connectivity index (χ1n) is 9.15. The topological polar surface area (TPSA) is 54.6 Å². The molecule has 6 heteroatoms. The van der Waals surface area contributed by atoms with E-state index in [1.54, 1.807) is 7.11 Å². The highest BCUT2D eigenvalue weighted by atomic mass is 16.5. The fraction of sp³-hybridized carbons (Fsp3) is 0.579. The van der Waals surface area contributed by atoms with Crippen molar-refractivity contribution in [1.82, 2.24) is 20.0 Å². The lowest BCUT2D eigenvalue weighted by molar-refractivity contribution is 0.140. The van der Waals surface area contributed by atoms with E-state index in [-0.39, 0.29) is 0 Å². The Balaban J connectivity index is 1.35. The molecule has 0 spiro atoms. The normalized spacial score (nSPS) is 21.6. The van der Waals surface area contributed by atoms with Crippen LogP contribution in [-0.4, -0.2) is 52.8 Å². The SMILES string of the molecule is COCc1nnc(CN2CCCC2CN2CCc3ccccc3C2)o1. The number of benzene rings is 1. The van der Waals surface area contributed by atoms with Gasteiger partial charge >= 0.3 is 0 Å². The number of nitrogens with zero attached hydrogens (tertiary/aromatic N) is 4. The van der Waals surface area contributed by atoms with E-state index in [0.29, 0.717) is 24.4 Å². The van der Waals surface area contributed by atoms with Gasteiger partial charge in [0.1, 0.15) is 6.61 Å². The average molecular weight is 342 g/mol. The summed E-state index contributed by atoms with van der Waals surface area (Å²) in [6, 6.07) is 9.40. The number of rotatable bonds is 6. The summed E-state index contributed by atoms with van der Waals surface area (Å²) in [6.07, 6.45) is 3.65. The molecule has 1 atom stereocenters. The standard InChI is InChI=1S/C19H26N4O2/c1-24-14-19-21-20-18(25-19)13-23-9-4-7-17(23)12-22-10-8-15-5-2-3-6-16(15)11-22/h2-3,5-6,17H,4,7-14H2,1H3. The molecule has 2 aromatic rings. The van der Waals surface area contributed by atoms with Crippen LogP contribution < -0.4 is 0 Å². The zero-order valence-corrected chi connectivity index (χ0v) is 14.9. The molecule has 3 heterocycles. The van der Waals surface area contributed by atoms with Crippen molar-refractivity contribution in [2.75, 3.05) is 26.7 Å². The second kappa shape index (κ2) is 7.64. The summed E-state index contributed by atoms with van der Waals surface area (Å²) in [6.45, 7) is 5.57. The van der Waals surface area contributed by atoms with E-state index >= 15 is 0 Å². The number of hydrogen-bond acceptors (Lipinski definition) is 6. The van der Waals surface area contributed by atoms with E-state index in [9.17, 15) is 0 Å². The lowest BCUT2D eigenvalue weighted by Crippen LogP contribution is -2.42. The molecule has 4 rings (SSSR count). The van der Waals surface area contributed by atoms with E-state index in [1.165, 1.54) is 24.0 Å². The van der Waals surface area contributed by atoms with Crippen LogP contribution in [-0.2, 0) is 30.9 Å². The zero-order valence-electron chi connectivity index (χ0n) is 14.9. The van der Waals surface area contributed by atoms with Gasteiger partial charge in [0.05, 0.1) is 6.54 Å². The molecule has 2 aliphatic rings. The molecule has 1 saturated heterocycles. The van der Waals surface area contributed by atoms with Crippen LogP contribution in [0.1, 0.15) is 35.7 Å². The largest absolute Gasteiger partial charge is 0.421 e. The van der Waals surface area contributed by atoms with Crippen molar-refractivity contribution >= 4 is 0 Å². The van der Waals surface area contributed by atoms with E-state index in [2.05, 4.69) is 44.3 Å². The Morgan fingerprint density at radius 3 is 2.88 bits per heavy atom. The van der Waals surface area contributed by atoms with Gasteiger partial charge in [-0.15, -0.1) is 10.2 Å². The van der Waals surface area contributed by atoms with Gasteiger partial charge in [0, 0.05) is 32.8 Å². The van der Waals surface area contributed by atoms with Gasteiger partial charge in [0.2, 0.25) is 11.8 Å². The van der Waals surface area contributed by atoms with Gasteiger partial charge in [-0.1, -0.05) is 24.3 Å². The minimum atomic E-state index is 0.379. The Kier molecular flexibility index (Phi) is 5.10. The highest BCUT2D eigenvalue weighted by Crippen LogP contribution is 2.24. The van der Waals surface area contributed by atoms with Crippen LogP contribution in [0.4, 0.5) is 0 Å². The molecule has 0 amide bonds. The molecule has 1 fully saturated rings. The van der Waals surface area contributed by atoms with Gasteiger partial charge in [-0.2, -0.15) is 0 Å². The summed E-state index contributed by atoms with van der Waals surface area (Å²) in [5, 5.41) is 8.19. The van der Waals surface area contributed by atoms with Crippen LogP contribution in [0.3, 0.4) is 0 Å². The van der Waals surface area contributed by atoms with Crippen molar-refractivity contribution in [2.45, 2.75) is 45.0 Å². The molecule has 0 saturated carbocycles. The summed E-state index contributed by atoms with van der Waals surface area (Å²) in [7, 11) is 1.64. The highest BCUT2D eigenvalue weighted by molar-refractivity contribution is 5.29. The molecule has 0 aliphatic carbocycles. The molecular weight excluding hydrogens is 316 g/mol. The summed E-state index contributed by atoms with van der Waals surface area (Å²) >= 11 is 0. The van der Waals surface area contributed by atoms with Crippen LogP contribution in [0, 0.1) is 0 Å². The van der Waals surface area contributed by atoms with E-state index < -0.39 is 0 Å². The van der Waals surface area contributed by atoms with Crippen LogP contribution in [0.15, 0.2) is 28.7 Å². The molecule has 0 radical (unpaired) electrons. The third-order valence-electron chi connectivity index (χ3n) is 5.29. The number of hydrogen-bond donors (Lipinski definition) is 0. The predicted molar refractivity (Wildman–Crippen MR) is 93.9 cm³/mol.